The van der Waals surface area contributed by atoms with Crippen molar-refractivity contribution in [3.63, 3.8) is 0 Å². The van der Waals surface area contributed by atoms with E-state index in [9.17, 15) is 26.5 Å². The van der Waals surface area contributed by atoms with E-state index in [4.69, 9.17) is 9.79 Å². The van der Waals surface area contributed by atoms with Crippen LogP contribution in [0.25, 0.3) is 0 Å². The van der Waals surface area contributed by atoms with Crippen molar-refractivity contribution in [3.05, 3.63) is 0 Å². The van der Waals surface area contributed by atoms with Gasteiger partial charge in [-0.3, -0.25) is 4.57 Å². The molecule has 0 aromatic carbocycles. The van der Waals surface area contributed by atoms with Gasteiger partial charge in [-0.05, 0) is 0 Å². The zero-order chi connectivity index (χ0) is 10.9. The van der Waals surface area contributed by atoms with Crippen molar-refractivity contribution >= 4 is 7.60 Å². The van der Waals surface area contributed by atoms with Gasteiger partial charge >= 0.3 is 19.7 Å². The molecule has 0 saturated carbocycles. The molecule has 13 heavy (non-hydrogen) atoms. The van der Waals surface area contributed by atoms with Crippen LogP contribution >= 0.6 is 7.60 Å². The molecule has 0 saturated heterocycles. The van der Waals surface area contributed by atoms with Crippen LogP contribution in [0.15, 0.2) is 0 Å². The van der Waals surface area contributed by atoms with Crippen molar-refractivity contribution in [2.24, 2.45) is 0 Å². The minimum atomic E-state index is -5.76. The Labute approximate surface area is 69.7 Å². The lowest BCUT2D eigenvalue weighted by Crippen LogP contribution is -2.37. The first-order chi connectivity index (χ1) is 5.46. The van der Waals surface area contributed by atoms with Crippen LogP contribution in [0.3, 0.4) is 0 Å². The zero-order valence-electron chi connectivity index (χ0n) is 6.05. The molecule has 2 N–H and O–H groups in total. The molecule has 0 spiro atoms. The predicted molar refractivity (Wildman–Crippen MR) is 32.5 cm³/mol. The first-order valence-corrected chi connectivity index (χ1v) is 4.74. The topological polar surface area (TPSA) is 57.5 Å². The molecule has 0 heterocycles. The van der Waals surface area contributed by atoms with Gasteiger partial charge < -0.3 is 9.79 Å². The normalized spacial score (nSPS) is 14.7. The predicted octanol–water partition coefficient (Wildman–Crippen LogP) is 1.75. The summed E-state index contributed by atoms with van der Waals surface area (Å²) in [4.78, 5) is 16.1. The first-order valence-electron chi connectivity index (χ1n) is 2.95. The molecule has 0 aliphatic heterocycles. The van der Waals surface area contributed by atoms with E-state index in [0.29, 0.717) is 0 Å². The van der Waals surface area contributed by atoms with Crippen LogP contribution in [-0.4, -0.2) is 28.0 Å². The Bertz CT molecular complexity index is 218. The third kappa shape index (κ3) is 4.54. The summed E-state index contributed by atoms with van der Waals surface area (Å²) in [6.07, 6.45) is -9.15. The SMILES string of the molecule is O=P(O)(O)CCC(F)(F)C(F)(F)F. The molecule has 0 aromatic heterocycles. The molecule has 0 aliphatic rings. The summed E-state index contributed by atoms with van der Waals surface area (Å²) in [5.41, 5.74) is 0. The Kier molecular flexibility index (Phi) is 3.46. The van der Waals surface area contributed by atoms with E-state index in [1.165, 1.54) is 0 Å². The molecule has 0 fully saturated rings. The van der Waals surface area contributed by atoms with Crippen molar-refractivity contribution in [2.45, 2.75) is 18.5 Å². The lowest BCUT2D eigenvalue weighted by Gasteiger charge is -2.19. The summed E-state index contributed by atoms with van der Waals surface area (Å²) in [6.45, 7) is 0. The Morgan fingerprint density at radius 2 is 1.46 bits per heavy atom. The van der Waals surface area contributed by atoms with Crippen molar-refractivity contribution in [2.75, 3.05) is 6.16 Å². The van der Waals surface area contributed by atoms with Gasteiger partial charge in [0.2, 0.25) is 0 Å². The molecule has 9 heteroatoms. The summed E-state index contributed by atoms with van der Waals surface area (Å²) in [7, 11) is -4.81. The van der Waals surface area contributed by atoms with Crippen LogP contribution in [0.4, 0.5) is 22.0 Å². The van der Waals surface area contributed by atoms with Crippen molar-refractivity contribution in [1.29, 1.82) is 0 Å². The zero-order valence-corrected chi connectivity index (χ0v) is 6.95. The van der Waals surface area contributed by atoms with Gasteiger partial charge in [-0.2, -0.15) is 22.0 Å². The van der Waals surface area contributed by atoms with Crippen LogP contribution in [0.1, 0.15) is 6.42 Å². The van der Waals surface area contributed by atoms with Gasteiger partial charge in [-0.25, -0.2) is 0 Å². The van der Waals surface area contributed by atoms with E-state index < -0.39 is 32.3 Å². The molecule has 0 aromatic rings. The lowest BCUT2D eigenvalue weighted by atomic mass is 10.2. The second-order valence-electron chi connectivity index (χ2n) is 2.34. The molecule has 0 aliphatic carbocycles. The first kappa shape index (κ1) is 12.8. The Balaban J connectivity index is 4.29. The number of hydrogen-bond donors (Lipinski definition) is 2. The highest BCUT2D eigenvalue weighted by Crippen LogP contribution is 2.43. The summed E-state index contributed by atoms with van der Waals surface area (Å²) < 4.78 is 68.2. The van der Waals surface area contributed by atoms with E-state index in [0.717, 1.165) is 0 Å². The number of alkyl halides is 5. The van der Waals surface area contributed by atoms with Crippen molar-refractivity contribution < 1.29 is 36.3 Å². The average Bonchev–Trinajstić information content (AvgIpc) is 1.79. The average molecular weight is 228 g/mol. The Hall–Kier alpha value is -0.200. The molecule has 0 unspecified atom stereocenters. The quantitative estimate of drug-likeness (QED) is 0.571. The standard InChI is InChI=1S/C4H6F5O3P/c5-3(6,4(7,8)9)1-2-13(10,11)12/h1-2H2,(H2,10,11,12). The Morgan fingerprint density at radius 1 is 1.08 bits per heavy atom. The molecular weight excluding hydrogens is 222 g/mol. The van der Waals surface area contributed by atoms with Gasteiger partial charge in [0.25, 0.3) is 0 Å². The van der Waals surface area contributed by atoms with Crippen molar-refractivity contribution in [1.82, 2.24) is 0 Å². The van der Waals surface area contributed by atoms with E-state index >= 15 is 0 Å². The van der Waals surface area contributed by atoms with Gasteiger partial charge in [0, 0.05) is 6.42 Å². The van der Waals surface area contributed by atoms with Gasteiger partial charge in [-0.1, -0.05) is 0 Å². The maximum atomic E-state index is 12.0. The second kappa shape index (κ2) is 3.51. The fourth-order valence-corrected chi connectivity index (χ4v) is 1.000. The van der Waals surface area contributed by atoms with Crippen LogP contribution in [0.2, 0.25) is 0 Å². The van der Waals surface area contributed by atoms with E-state index in [-0.39, 0.29) is 0 Å². The maximum absolute atomic E-state index is 12.0. The molecule has 0 amide bonds. The van der Waals surface area contributed by atoms with Gasteiger partial charge in [0.1, 0.15) is 0 Å². The second-order valence-corrected chi connectivity index (χ2v) is 4.12. The minimum Gasteiger partial charge on any atom is -0.324 e. The van der Waals surface area contributed by atoms with Crippen molar-refractivity contribution in [3.8, 4) is 0 Å². The summed E-state index contributed by atoms with van der Waals surface area (Å²) in [5, 5.41) is 0. The van der Waals surface area contributed by atoms with Crippen LogP contribution in [0, 0.1) is 0 Å². The fraction of sp³-hybridized carbons (Fsp3) is 1.00. The molecular formula is C4H6F5O3P. The maximum Gasteiger partial charge on any atom is 0.453 e. The summed E-state index contributed by atoms with van der Waals surface area (Å²) in [6, 6.07) is 0. The van der Waals surface area contributed by atoms with E-state index in [2.05, 4.69) is 0 Å². The lowest BCUT2D eigenvalue weighted by molar-refractivity contribution is -0.282. The highest BCUT2D eigenvalue weighted by molar-refractivity contribution is 7.51. The van der Waals surface area contributed by atoms with Crippen LogP contribution < -0.4 is 0 Å². The molecule has 0 radical (unpaired) electrons. The summed E-state index contributed by atoms with van der Waals surface area (Å²) in [5.74, 6) is -5.05. The summed E-state index contributed by atoms with van der Waals surface area (Å²) >= 11 is 0. The number of halogens is 5. The van der Waals surface area contributed by atoms with Gasteiger partial charge in [-0.15, -0.1) is 0 Å². The van der Waals surface area contributed by atoms with Gasteiger partial charge in [0.15, 0.2) is 0 Å². The number of rotatable bonds is 3. The molecule has 0 rings (SSSR count). The largest absolute Gasteiger partial charge is 0.453 e. The molecule has 80 valence electrons. The third-order valence-electron chi connectivity index (χ3n) is 1.13. The van der Waals surface area contributed by atoms with Crippen LogP contribution in [-0.2, 0) is 4.57 Å². The third-order valence-corrected chi connectivity index (χ3v) is 1.94. The number of hydrogen-bond acceptors (Lipinski definition) is 1. The van der Waals surface area contributed by atoms with E-state index in [1.807, 2.05) is 0 Å². The fourth-order valence-electron chi connectivity index (χ4n) is 0.428. The van der Waals surface area contributed by atoms with E-state index in [1.54, 1.807) is 0 Å². The minimum absolute atomic E-state index is 1.49. The highest BCUT2D eigenvalue weighted by atomic mass is 31.2. The smallest absolute Gasteiger partial charge is 0.324 e. The monoisotopic (exact) mass is 228 g/mol. The highest BCUT2D eigenvalue weighted by Gasteiger charge is 2.57. The molecule has 0 atom stereocenters. The van der Waals surface area contributed by atoms with Crippen LogP contribution in [0.5, 0.6) is 0 Å². The molecule has 3 nitrogen and oxygen atoms in total. The molecule has 0 bridgehead atoms. The Morgan fingerprint density at radius 3 is 1.69 bits per heavy atom. The van der Waals surface area contributed by atoms with Gasteiger partial charge in [0.05, 0.1) is 6.16 Å².